The highest BCUT2D eigenvalue weighted by Gasteiger charge is 2.49. The summed E-state index contributed by atoms with van der Waals surface area (Å²) in [6, 6.07) is 5.01. The van der Waals surface area contributed by atoms with Gasteiger partial charge in [-0.3, -0.25) is 0 Å². The summed E-state index contributed by atoms with van der Waals surface area (Å²) in [6.45, 7) is 5.22. The number of ether oxygens (including phenoxy) is 3. The number of benzene rings is 2. The number of hydrogen-bond acceptors (Lipinski definition) is 8. The van der Waals surface area contributed by atoms with Gasteiger partial charge in [0, 0.05) is 5.56 Å². The first-order valence-corrected chi connectivity index (χ1v) is 11.1. The summed E-state index contributed by atoms with van der Waals surface area (Å²) in [7, 11) is -4.76. The monoisotopic (exact) mass is 490 g/mol. The van der Waals surface area contributed by atoms with E-state index in [2.05, 4.69) is 4.18 Å². The van der Waals surface area contributed by atoms with Crippen molar-refractivity contribution in [3.05, 3.63) is 41.0 Å². The van der Waals surface area contributed by atoms with Crippen molar-refractivity contribution in [1.29, 1.82) is 0 Å². The van der Waals surface area contributed by atoms with Crippen LogP contribution in [0.25, 0.3) is 0 Å². The Kier molecular flexibility index (Phi) is 6.53. The topological polar surface area (TPSA) is 108 Å². The van der Waals surface area contributed by atoms with Crippen LogP contribution in [0.15, 0.2) is 24.3 Å². The Morgan fingerprint density at radius 2 is 1.79 bits per heavy atom. The van der Waals surface area contributed by atoms with Gasteiger partial charge in [-0.1, -0.05) is 13.8 Å². The minimum absolute atomic E-state index is 0.0411. The summed E-state index contributed by atoms with van der Waals surface area (Å²) in [5, 5.41) is 10.6. The Bertz CT molecular complexity index is 1190. The fraction of sp³-hybridized carbons (Fsp3) is 0.381. The molecular formula is C21H21F3O8S. The summed E-state index contributed by atoms with van der Waals surface area (Å²) in [6.07, 6.45) is -0.626. The lowest BCUT2D eigenvalue weighted by Crippen LogP contribution is -2.28. The minimum atomic E-state index is -6.02. The Labute approximate surface area is 188 Å². The molecule has 0 amide bonds. The molecule has 12 heteroatoms. The van der Waals surface area contributed by atoms with Gasteiger partial charge in [-0.2, -0.15) is 21.6 Å². The lowest BCUT2D eigenvalue weighted by atomic mass is 9.96. The van der Waals surface area contributed by atoms with Gasteiger partial charge in [-0.15, -0.1) is 0 Å². The third kappa shape index (κ3) is 4.86. The maximum absolute atomic E-state index is 12.9. The largest absolute Gasteiger partial charge is 0.534 e. The predicted molar refractivity (Wildman–Crippen MR) is 109 cm³/mol. The number of rotatable bonds is 6. The van der Waals surface area contributed by atoms with Crippen molar-refractivity contribution in [2.24, 2.45) is 5.92 Å². The van der Waals surface area contributed by atoms with Crippen LogP contribution in [-0.4, -0.2) is 32.1 Å². The van der Waals surface area contributed by atoms with E-state index < -0.39 is 39.2 Å². The molecule has 0 unspecified atom stereocenters. The lowest BCUT2D eigenvalue weighted by molar-refractivity contribution is -0.0500. The molecule has 0 bridgehead atoms. The smallest absolute Gasteiger partial charge is 0.495 e. The third-order valence-electron chi connectivity index (χ3n) is 4.67. The number of methoxy groups -OCH3 is 1. The number of fused-ring (bicyclic) bond motifs is 2. The van der Waals surface area contributed by atoms with Crippen molar-refractivity contribution >= 4 is 16.1 Å². The molecule has 0 radical (unpaired) electrons. The molecular weight excluding hydrogens is 469 g/mol. The Hall–Kier alpha value is -2.99. The van der Waals surface area contributed by atoms with Crippen molar-refractivity contribution in [3.63, 3.8) is 0 Å². The zero-order chi connectivity index (χ0) is 24.7. The van der Waals surface area contributed by atoms with Crippen LogP contribution in [0.1, 0.15) is 47.9 Å². The van der Waals surface area contributed by atoms with E-state index in [0.29, 0.717) is 6.42 Å². The predicted octanol–water partition coefficient (Wildman–Crippen LogP) is 4.64. The number of carbonyl (C=O) groups excluding carboxylic acids is 1. The second-order valence-electron chi connectivity index (χ2n) is 7.77. The number of hydrogen-bond donors (Lipinski definition) is 1. The summed E-state index contributed by atoms with van der Waals surface area (Å²) in [4.78, 5) is 12.9. The molecule has 0 aliphatic carbocycles. The quantitative estimate of drug-likeness (QED) is 0.270. The van der Waals surface area contributed by atoms with Gasteiger partial charge < -0.3 is 23.5 Å². The molecule has 1 aliphatic rings. The first-order valence-electron chi connectivity index (χ1n) is 9.69. The summed E-state index contributed by atoms with van der Waals surface area (Å²) >= 11 is 0. The number of alkyl halides is 3. The van der Waals surface area contributed by atoms with E-state index in [1.54, 1.807) is 0 Å². The van der Waals surface area contributed by atoms with Gasteiger partial charge in [-0.25, -0.2) is 4.79 Å². The van der Waals surface area contributed by atoms with Crippen molar-refractivity contribution < 1.29 is 49.9 Å². The summed E-state index contributed by atoms with van der Waals surface area (Å²) in [5.41, 5.74) is -5.39. The minimum Gasteiger partial charge on any atom is -0.495 e. The normalized spacial score (nSPS) is 14.5. The van der Waals surface area contributed by atoms with Gasteiger partial charge in [0.25, 0.3) is 0 Å². The van der Waals surface area contributed by atoms with E-state index in [-0.39, 0.29) is 39.9 Å². The SMILES string of the molecule is COc1c([C@@H](O)CC(C)C)ccc2c1C(=O)Oc1cc(C)cc(OS(=O)(=O)C(F)(F)F)c1O2. The molecule has 0 saturated carbocycles. The number of carbonyl (C=O) groups is 1. The molecule has 180 valence electrons. The Morgan fingerprint density at radius 3 is 2.36 bits per heavy atom. The van der Waals surface area contributed by atoms with Crippen molar-refractivity contribution in [2.45, 2.75) is 38.8 Å². The molecule has 1 heterocycles. The summed E-state index contributed by atoms with van der Waals surface area (Å²) < 4.78 is 82.2. The molecule has 33 heavy (non-hydrogen) atoms. The van der Waals surface area contributed by atoms with Crippen molar-refractivity contribution in [3.8, 4) is 28.7 Å². The molecule has 0 saturated heterocycles. The number of aliphatic hydroxyl groups excluding tert-OH is 1. The Morgan fingerprint density at radius 1 is 1.12 bits per heavy atom. The fourth-order valence-corrected chi connectivity index (χ4v) is 3.74. The van der Waals surface area contributed by atoms with E-state index in [0.717, 1.165) is 6.07 Å². The van der Waals surface area contributed by atoms with E-state index in [1.807, 2.05) is 13.8 Å². The van der Waals surface area contributed by atoms with Gasteiger partial charge in [-0.05, 0) is 49.1 Å². The maximum Gasteiger partial charge on any atom is 0.534 e. The molecule has 1 atom stereocenters. The average molecular weight is 490 g/mol. The number of aliphatic hydroxyl groups is 1. The van der Waals surface area contributed by atoms with Crippen LogP contribution in [0.3, 0.4) is 0 Å². The van der Waals surface area contributed by atoms with Crippen LogP contribution in [-0.2, 0) is 10.1 Å². The number of esters is 1. The second-order valence-corrected chi connectivity index (χ2v) is 9.31. The van der Waals surface area contributed by atoms with Crippen molar-refractivity contribution in [1.82, 2.24) is 0 Å². The standard InChI is InChI=1S/C21H21F3O8S/c1-10(2)7-13(25)12-5-6-14-17(18(12)29-4)20(26)31-15-8-11(3)9-16(19(15)30-14)32-33(27,28)21(22,23)24/h5-6,8-10,13,25H,7H2,1-4H3/t13-/m0/s1. The zero-order valence-electron chi connectivity index (χ0n) is 18.0. The van der Waals surface area contributed by atoms with Gasteiger partial charge in [0.2, 0.25) is 5.75 Å². The zero-order valence-corrected chi connectivity index (χ0v) is 18.8. The van der Waals surface area contributed by atoms with Gasteiger partial charge in [0.15, 0.2) is 11.5 Å². The third-order valence-corrected chi connectivity index (χ3v) is 5.64. The van der Waals surface area contributed by atoms with Crippen LogP contribution in [0.4, 0.5) is 13.2 Å². The molecule has 3 rings (SSSR count). The molecule has 0 fully saturated rings. The van der Waals surface area contributed by atoms with Gasteiger partial charge in [0.05, 0.1) is 13.2 Å². The van der Waals surface area contributed by atoms with Crippen LogP contribution >= 0.6 is 0 Å². The summed E-state index contributed by atoms with van der Waals surface area (Å²) in [5.74, 6) is -2.79. The highest BCUT2D eigenvalue weighted by atomic mass is 32.2. The highest BCUT2D eigenvalue weighted by molar-refractivity contribution is 7.88. The average Bonchev–Trinajstić information content (AvgIpc) is 2.81. The molecule has 8 nitrogen and oxygen atoms in total. The highest BCUT2D eigenvalue weighted by Crippen LogP contribution is 2.49. The van der Waals surface area contributed by atoms with Crippen LogP contribution < -0.4 is 18.4 Å². The molecule has 0 aromatic heterocycles. The maximum atomic E-state index is 12.9. The number of halogens is 3. The molecule has 1 N–H and O–H groups in total. The van der Waals surface area contributed by atoms with Gasteiger partial charge in [0.1, 0.15) is 17.1 Å². The molecule has 0 spiro atoms. The Balaban J connectivity index is 2.15. The van der Waals surface area contributed by atoms with E-state index >= 15 is 0 Å². The molecule has 1 aliphatic heterocycles. The van der Waals surface area contributed by atoms with E-state index in [9.17, 15) is 31.5 Å². The van der Waals surface area contributed by atoms with Crippen LogP contribution in [0.2, 0.25) is 0 Å². The van der Waals surface area contributed by atoms with E-state index in [1.165, 1.54) is 32.2 Å². The first kappa shape index (κ1) is 24.6. The van der Waals surface area contributed by atoms with Crippen LogP contribution in [0.5, 0.6) is 28.7 Å². The van der Waals surface area contributed by atoms with Gasteiger partial charge >= 0.3 is 21.6 Å². The first-order chi connectivity index (χ1) is 15.2. The van der Waals surface area contributed by atoms with Crippen LogP contribution in [0, 0.1) is 12.8 Å². The lowest BCUT2D eigenvalue weighted by Gasteiger charge is -2.19. The van der Waals surface area contributed by atoms with E-state index in [4.69, 9.17) is 14.2 Å². The second kappa shape index (κ2) is 8.75. The molecule has 2 aromatic carbocycles. The number of aryl methyl sites for hydroxylation is 1. The van der Waals surface area contributed by atoms with Crippen molar-refractivity contribution in [2.75, 3.05) is 7.11 Å². The molecule has 2 aromatic rings. The fourth-order valence-electron chi connectivity index (χ4n) is 3.29.